The van der Waals surface area contributed by atoms with Gasteiger partial charge in [-0.05, 0) is 43.4 Å². The minimum absolute atomic E-state index is 0.204. The number of hydrogen-bond acceptors (Lipinski definition) is 5. The molecule has 2 aromatic carbocycles. The zero-order valence-corrected chi connectivity index (χ0v) is 17.3. The molecule has 1 unspecified atom stereocenters. The van der Waals surface area contributed by atoms with Crippen molar-refractivity contribution in [1.29, 1.82) is 0 Å². The molecule has 160 valence electrons. The molecular formula is C24H27N5O2. The van der Waals surface area contributed by atoms with E-state index in [-0.39, 0.29) is 11.8 Å². The average molecular weight is 418 g/mol. The van der Waals surface area contributed by atoms with E-state index < -0.39 is 12.1 Å². The molecule has 2 amide bonds. The van der Waals surface area contributed by atoms with Crippen LogP contribution in [0.1, 0.15) is 24.8 Å². The minimum atomic E-state index is -0.673. The molecule has 31 heavy (non-hydrogen) atoms. The van der Waals surface area contributed by atoms with Gasteiger partial charge in [0, 0.05) is 11.9 Å². The summed E-state index contributed by atoms with van der Waals surface area (Å²) in [5, 5.41) is 8.33. The second-order valence-electron chi connectivity index (χ2n) is 7.89. The van der Waals surface area contributed by atoms with E-state index in [1.54, 1.807) is 11.2 Å². The standard InChI is InChI=1S/C24H27N5O2/c25-29-14-6-11-22(29)24(31)28-21(13-12-17-7-2-1-3-8-17)23(30)27-19-15-18-9-4-5-10-20(18)26-16-19/h1-5,7-10,15-16,21-22H,6,11-14,25H2,(H,27,30)(H,28,31)/t21-,22?/m1/s1. The second kappa shape index (κ2) is 9.68. The van der Waals surface area contributed by atoms with Gasteiger partial charge in [-0.1, -0.05) is 48.5 Å². The fraction of sp³-hybridized carbons (Fsp3) is 0.292. The van der Waals surface area contributed by atoms with Crippen molar-refractivity contribution in [1.82, 2.24) is 15.3 Å². The Balaban J connectivity index is 1.48. The summed E-state index contributed by atoms with van der Waals surface area (Å²) in [6.45, 7) is 0.682. The maximum absolute atomic E-state index is 13.1. The number of hydrazine groups is 1. The number of pyridine rings is 1. The quantitative estimate of drug-likeness (QED) is 0.513. The molecule has 0 bridgehead atoms. The van der Waals surface area contributed by atoms with Gasteiger partial charge in [0.15, 0.2) is 0 Å². The van der Waals surface area contributed by atoms with Crippen LogP contribution in [-0.4, -0.2) is 40.4 Å². The molecule has 7 nitrogen and oxygen atoms in total. The minimum Gasteiger partial charge on any atom is -0.343 e. The van der Waals surface area contributed by atoms with Crippen molar-refractivity contribution in [3.63, 3.8) is 0 Å². The number of aryl methyl sites for hydroxylation is 1. The zero-order chi connectivity index (χ0) is 21.6. The van der Waals surface area contributed by atoms with Crippen LogP contribution in [0.5, 0.6) is 0 Å². The second-order valence-corrected chi connectivity index (χ2v) is 7.89. The zero-order valence-electron chi connectivity index (χ0n) is 17.3. The summed E-state index contributed by atoms with van der Waals surface area (Å²) < 4.78 is 0. The van der Waals surface area contributed by atoms with Gasteiger partial charge in [-0.2, -0.15) is 0 Å². The molecule has 1 aliphatic heterocycles. The van der Waals surface area contributed by atoms with Crippen LogP contribution in [0.15, 0.2) is 66.9 Å². The van der Waals surface area contributed by atoms with Crippen molar-refractivity contribution in [2.24, 2.45) is 5.84 Å². The Labute approximate surface area is 181 Å². The number of benzene rings is 2. The number of nitrogens with two attached hydrogens (primary N) is 1. The number of nitrogens with one attached hydrogen (secondary N) is 2. The number of anilines is 1. The Morgan fingerprint density at radius 3 is 2.68 bits per heavy atom. The first-order chi connectivity index (χ1) is 15.1. The monoisotopic (exact) mass is 417 g/mol. The van der Waals surface area contributed by atoms with Crippen LogP contribution in [0.4, 0.5) is 5.69 Å². The summed E-state index contributed by atoms with van der Waals surface area (Å²) in [7, 11) is 0. The number of nitrogens with zero attached hydrogens (tertiary/aromatic N) is 2. The van der Waals surface area contributed by atoms with E-state index in [1.807, 2.05) is 60.7 Å². The van der Waals surface area contributed by atoms with Gasteiger partial charge in [0.25, 0.3) is 0 Å². The van der Waals surface area contributed by atoms with E-state index in [1.165, 1.54) is 0 Å². The SMILES string of the molecule is NN1CCCC1C(=O)N[C@H](CCc1ccccc1)C(=O)Nc1cnc2ccccc2c1. The Bertz CT molecular complexity index is 1060. The topological polar surface area (TPSA) is 100 Å². The van der Waals surface area contributed by atoms with Crippen LogP contribution in [0.25, 0.3) is 10.9 Å². The van der Waals surface area contributed by atoms with Gasteiger partial charge < -0.3 is 10.6 Å². The molecule has 4 rings (SSSR count). The van der Waals surface area contributed by atoms with Crippen molar-refractivity contribution in [3.8, 4) is 0 Å². The largest absolute Gasteiger partial charge is 0.343 e. The summed E-state index contributed by atoms with van der Waals surface area (Å²) >= 11 is 0. The highest BCUT2D eigenvalue weighted by Gasteiger charge is 2.31. The third kappa shape index (κ3) is 5.25. The van der Waals surface area contributed by atoms with Gasteiger partial charge >= 0.3 is 0 Å². The molecule has 0 aliphatic carbocycles. The van der Waals surface area contributed by atoms with Crippen LogP contribution in [-0.2, 0) is 16.0 Å². The van der Waals surface area contributed by atoms with E-state index in [9.17, 15) is 9.59 Å². The van der Waals surface area contributed by atoms with Gasteiger partial charge in [0.05, 0.1) is 17.4 Å². The van der Waals surface area contributed by atoms with Crippen molar-refractivity contribution in [2.45, 2.75) is 37.8 Å². The highest BCUT2D eigenvalue weighted by atomic mass is 16.2. The highest BCUT2D eigenvalue weighted by molar-refractivity contribution is 5.99. The summed E-state index contributed by atoms with van der Waals surface area (Å²) in [6, 6.07) is 18.5. The number of para-hydroxylation sites is 1. The molecule has 0 saturated carbocycles. The lowest BCUT2D eigenvalue weighted by Gasteiger charge is -2.23. The Kier molecular flexibility index (Phi) is 6.54. The molecule has 0 spiro atoms. The number of rotatable bonds is 7. The number of fused-ring (bicyclic) bond motifs is 1. The van der Waals surface area contributed by atoms with E-state index in [2.05, 4.69) is 15.6 Å². The van der Waals surface area contributed by atoms with Gasteiger partial charge in [0.2, 0.25) is 11.8 Å². The van der Waals surface area contributed by atoms with E-state index >= 15 is 0 Å². The van der Waals surface area contributed by atoms with E-state index in [4.69, 9.17) is 5.84 Å². The first-order valence-corrected chi connectivity index (χ1v) is 10.6. The molecular weight excluding hydrogens is 390 g/mol. The predicted molar refractivity (Wildman–Crippen MR) is 121 cm³/mol. The van der Waals surface area contributed by atoms with Crippen molar-refractivity contribution < 1.29 is 9.59 Å². The normalized spacial score (nSPS) is 17.4. The lowest BCUT2D eigenvalue weighted by Crippen LogP contribution is -2.52. The molecule has 2 heterocycles. The molecule has 2 atom stereocenters. The number of hydrogen-bond donors (Lipinski definition) is 3. The summed E-state index contributed by atoms with van der Waals surface area (Å²) in [6.07, 6.45) is 4.36. The number of carbonyl (C=O) groups is 2. The molecule has 1 saturated heterocycles. The fourth-order valence-corrected chi connectivity index (χ4v) is 3.93. The summed E-state index contributed by atoms with van der Waals surface area (Å²) in [5.74, 6) is 5.47. The molecule has 1 aromatic heterocycles. The number of carbonyl (C=O) groups excluding carboxylic acids is 2. The molecule has 0 radical (unpaired) electrons. The molecule has 1 aliphatic rings. The van der Waals surface area contributed by atoms with Crippen LogP contribution < -0.4 is 16.5 Å². The van der Waals surface area contributed by atoms with Crippen LogP contribution in [0, 0.1) is 0 Å². The number of amides is 2. The first kappa shape index (κ1) is 21.0. The van der Waals surface area contributed by atoms with Gasteiger partial charge in [-0.3, -0.25) is 20.4 Å². The van der Waals surface area contributed by atoms with Gasteiger partial charge in [-0.15, -0.1) is 0 Å². The number of aromatic nitrogens is 1. The van der Waals surface area contributed by atoms with Crippen molar-refractivity contribution >= 4 is 28.4 Å². The lowest BCUT2D eigenvalue weighted by molar-refractivity contribution is -0.129. The highest BCUT2D eigenvalue weighted by Crippen LogP contribution is 2.18. The van der Waals surface area contributed by atoms with Crippen molar-refractivity contribution in [3.05, 3.63) is 72.4 Å². The molecule has 4 N–H and O–H groups in total. The first-order valence-electron chi connectivity index (χ1n) is 10.6. The molecule has 7 heteroatoms. The predicted octanol–water partition coefficient (Wildman–Crippen LogP) is 2.63. The average Bonchev–Trinajstić information content (AvgIpc) is 3.23. The molecule has 1 fully saturated rings. The Morgan fingerprint density at radius 2 is 1.90 bits per heavy atom. The lowest BCUT2D eigenvalue weighted by atomic mass is 10.0. The van der Waals surface area contributed by atoms with Crippen molar-refractivity contribution in [2.75, 3.05) is 11.9 Å². The smallest absolute Gasteiger partial charge is 0.247 e. The maximum atomic E-state index is 13.1. The third-order valence-corrected chi connectivity index (χ3v) is 5.65. The Hall–Kier alpha value is -3.29. The Morgan fingerprint density at radius 1 is 1.13 bits per heavy atom. The fourth-order valence-electron chi connectivity index (χ4n) is 3.93. The van der Waals surface area contributed by atoms with Gasteiger partial charge in [0.1, 0.15) is 12.1 Å². The van der Waals surface area contributed by atoms with Crippen LogP contribution in [0.2, 0.25) is 0 Å². The van der Waals surface area contributed by atoms with E-state index in [0.717, 1.165) is 22.9 Å². The summed E-state index contributed by atoms with van der Waals surface area (Å²) in [5.41, 5.74) is 2.57. The van der Waals surface area contributed by atoms with Gasteiger partial charge in [-0.25, -0.2) is 5.01 Å². The van der Waals surface area contributed by atoms with Crippen LogP contribution >= 0.6 is 0 Å². The summed E-state index contributed by atoms with van der Waals surface area (Å²) in [4.78, 5) is 30.3. The maximum Gasteiger partial charge on any atom is 0.247 e. The molecule has 3 aromatic rings. The third-order valence-electron chi connectivity index (χ3n) is 5.65. The van der Waals surface area contributed by atoms with E-state index in [0.29, 0.717) is 31.5 Å². The van der Waals surface area contributed by atoms with Crippen LogP contribution in [0.3, 0.4) is 0 Å².